The molecule has 0 atom stereocenters. The Balaban J connectivity index is 0. The number of nitrogens with two attached hydrogens (primary N) is 2. The van der Waals surface area contributed by atoms with Crippen molar-refractivity contribution >= 4 is 12.6 Å². The molecule has 1 aromatic rings. The second kappa shape index (κ2) is 31.2. The van der Waals surface area contributed by atoms with Crippen LogP contribution >= 0.6 is 0 Å². The molecule has 35 heavy (non-hydrogen) atoms. The minimum atomic E-state index is -1.85. The topological polar surface area (TPSA) is 79.3 Å². The molecule has 1 rings (SSSR count). The van der Waals surface area contributed by atoms with Crippen LogP contribution in [0.3, 0.4) is 0 Å². The van der Waals surface area contributed by atoms with Gasteiger partial charge in [0, 0.05) is 0 Å². The Labute approximate surface area is 220 Å². The van der Waals surface area contributed by atoms with E-state index < -0.39 is 7.12 Å². The Kier molecular flexibility index (Phi) is 32.3. The summed E-state index contributed by atoms with van der Waals surface area (Å²) in [5.41, 5.74) is 1.59. The van der Waals surface area contributed by atoms with Crippen LogP contribution in [0.5, 0.6) is 0 Å². The lowest BCUT2D eigenvalue weighted by Crippen LogP contribution is -2.74. The fourth-order valence-corrected chi connectivity index (χ4v) is 4.07. The van der Waals surface area contributed by atoms with Gasteiger partial charge in [-0.05, 0) is 18.4 Å². The maximum Gasteiger partial charge on any atom is 0.0647 e. The Morgan fingerprint density at radius 1 is 0.514 bits per heavy atom. The van der Waals surface area contributed by atoms with Crippen molar-refractivity contribution < 1.29 is 20.7 Å². The summed E-state index contributed by atoms with van der Waals surface area (Å²) in [5, 5.41) is 25.6. The SMILES string of the molecule is CCCCCCCCCCCCCCCCCCCCc1ccc(B([O-])[O-])cc1.C[NH2+]C.C[NH2+]C. The molecule has 0 saturated carbocycles. The Morgan fingerprint density at radius 3 is 1.09 bits per heavy atom. The zero-order valence-electron chi connectivity index (χ0n) is 24.3. The fraction of sp³-hybridized carbons (Fsp3) is 0.800. The molecule has 206 valence electrons. The molecule has 0 heterocycles. The minimum Gasteiger partial charge on any atom is -0.889 e. The fourth-order valence-electron chi connectivity index (χ4n) is 4.07. The first-order chi connectivity index (χ1) is 17.1. The lowest BCUT2D eigenvalue weighted by atomic mass is 9.80. The van der Waals surface area contributed by atoms with Gasteiger partial charge < -0.3 is 20.7 Å². The highest BCUT2D eigenvalue weighted by molar-refractivity contribution is 6.55. The lowest BCUT2D eigenvalue weighted by Gasteiger charge is -2.26. The molecule has 0 unspecified atom stereocenters. The zero-order chi connectivity index (χ0) is 26.4. The smallest absolute Gasteiger partial charge is 0.0647 e. The first kappa shape index (κ1) is 36.3. The lowest BCUT2D eigenvalue weighted by molar-refractivity contribution is -0.597. The van der Waals surface area contributed by atoms with Gasteiger partial charge in [0.05, 0.1) is 28.2 Å². The molecule has 0 bridgehead atoms. The van der Waals surface area contributed by atoms with Crippen LogP contribution in [0.4, 0.5) is 0 Å². The van der Waals surface area contributed by atoms with Crippen LogP contribution in [0.1, 0.15) is 128 Å². The van der Waals surface area contributed by atoms with E-state index in [1.54, 1.807) is 12.1 Å². The molecule has 0 saturated heterocycles. The number of unbranched alkanes of at least 4 members (excludes halogenated alkanes) is 17. The molecule has 0 spiro atoms. The molecule has 4 N–H and O–H groups in total. The van der Waals surface area contributed by atoms with Crippen LogP contribution in [-0.4, -0.2) is 35.3 Å². The summed E-state index contributed by atoms with van der Waals surface area (Å²) in [6.07, 6.45) is 26.3. The van der Waals surface area contributed by atoms with Gasteiger partial charge in [-0.1, -0.05) is 147 Å². The van der Waals surface area contributed by atoms with Gasteiger partial charge >= 0.3 is 0 Å². The third-order valence-corrected chi connectivity index (χ3v) is 6.07. The number of rotatable bonds is 20. The maximum absolute atomic E-state index is 10.8. The van der Waals surface area contributed by atoms with Crippen molar-refractivity contribution in [3.63, 3.8) is 0 Å². The van der Waals surface area contributed by atoms with E-state index in [1.807, 2.05) is 51.0 Å². The molecular formula is C30H61BN2O2. The number of benzene rings is 1. The molecule has 0 aliphatic heterocycles. The van der Waals surface area contributed by atoms with E-state index in [9.17, 15) is 10.0 Å². The van der Waals surface area contributed by atoms with E-state index in [2.05, 4.69) is 6.92 Å². The first-order valence-electron chi connectivity index (χ1n) is 15.0. The van der Waals surface area contributed by atoms with Crippen LogP contribution in [-0.2, 0) is 6.42 Å². The van der Waals surface area contributed by atoms with E-state index in [4.69, 9.17) is 0 Å². The van der Waals surface area contributed by atoms with Gasteiger partial charge in [0.25, 0.3) is 0 Å². The number of hydrogen-bond acceptors (Lipinski definition) is 2. The molecule has 5 heteroatoms. The first-order valence-corrected chi connectivity index (χ1v) is 15.0. The summed E-state index contributed by atoms with van der Waals surface area (Å²) in [6, 6.07) is 7.25. The predicted octanol–water partition coefficient (Wildman–Crippen LogP) is 3.31. The van der Waals surface area contributed by atoms with Gasteiger partial charge in [-0.15, -0.1) is 5.46 Å². The molecule has 0 aliphatic carbocycles. The Morgan fingerprint density at radius 2 is 0.800 bits per heavy atom. The van der Waals surface area contributed by atoms with Crippen LogP contribution in [0.2, 0.25) is 0 Å². The molecule has 1 aromatic carbocycles. The average Bonchev–Trinajstić information content (AvgIpc) is 2.84. The largest absolute Gasteiger partial charge is 0.889 e. The van der Waals surface area contributed by atoms with E-state index in [0.717, 1.165) is 6.42 Å². The third-order valence-electron chi connectivity index (χ3n) is 6.07. The molecule has 0 amide bonds. The highest BCUT2D eigenvalue weighted by atomic mass is 16.4. The third kappa shape index (κ3) is 29.2. The van der Waals surface area contributed by atoms with Gasteiger partial charge in [0.2, 0.25) is 0 Å². The van der Waals surface area contributed by atoms with E-state index in [-0.39, 0.29) is 0 Å². The highest BCUT2D eigenvalue weighted by Crippen LogP contribution is 2.14. The minimum absolute atomic E-state index is 0.353. The van der Waals surface area contributed by atoms with Crippen molar-refractivity contribution in [3.05, 3.63) is 29.8 Å². The van der Waals surface area contributed by atoms with Crippen molar-refractivity contribution in [2.45, 2.75) is 129 Å². The monoisotopic (exact) mass is 492 g/mol. The molecule has 0 radical (unpaired) electrons. The highest BCUT2D eigenvalue weighted by Gasteiger charge is 1.97. The molecular weight excluding hydrogens is 431 g/mol. The molecule has 0 aliphatic rings. The van der Waals surface area contributed by atoms with Crippen molar-refractivity contribution in [3.8, 4) is 0 Å². The van der Waals surface area contributed by atoms with Gasteiger partial charge in [-0.3, -0.25) is 0 Å². The maximum atomic E-state index is 10.8. The summed E-state index contributed by atoms with van der Waals surface area (Å²) in [6.45, 7) is 2.29. The number of aryl methyl sites for hydroxylation is 1. The number of hydrogen-bond donors (Lipinski definition) is 2. The van der Waals surface area contributed by atoms with Gasteiger partial charge in [0.1, 0.15) is 0 Å². The van der Waals surface area contributed by atoms with Crippen LogP contribution in [0.25, 0.3) is 0 Å². The molecule has 4 nitrogen and oxygen atoms in total. The van der Waals surface area contributed by atoms with Gasteiger partial charge in [-0.2, -0.15) is 0 Å². The Hall–Kier alpha value is -0.875. The standard InChI is InChI=1S/C26H45BO2.2C2H7N/c1-2-3-4-5-6-7-8-9-10-11-12-13-14-15-16-17-18-19-20-25-21-23-26(24-22-25)27(28)29;2*1-3-2/h21-24H,2-20H2,1H3;2*3H,1-2H3/q-2;;/p+2. The van der Waals surface area contributed by atoms with Gasteiger partial charge in [-0.25, -0.2) is 0 Å². The zero-order valence-corrected chi connectivity index (χ0v) is 24.3. The normalized spacial score (nSPS) is 10.3. The van der Waals surface area contributed by atoms with Crippen molar-refractivity contribution in [2.24, 2.45) is 0 Å². The van der Waals surface area contributed by atoms with E-state index in [0.29, 0.717) is 5.46 Å². The van der Waals surface area contributed by atoms with Crippen molar-refractivity contribution in [2.75, 3.05) is 28.2 Å². The summed E-state index contributed by atoms with van der Waals surface area (Å²) >= 11 is 0. The van der Waals surface area contributed by atoms with Gasteiger partial charge in [0.15, 0.2) is 0 Å². The average molecular weight is 493 g/mol. The summed E-state index contributed by atoms with van der Waals surface area (Å²) in [4.78, 5) is 0. The molecule has 0 aromatic heterocycles. The van der Waals surface area contributed by atoms with Crippen LogP contribution in [0, 0.1) is 0 Å². The number of quaternary nitrogens is 2. The second-order valence-corrected chi connectivity index (χ2v) is 9.99. The Bertz CT molecular complexity index is 496. The van der Waals surface area contributed by atoms with E-state index >= 15 is 0 Å². The van der Waals surface area contributed by atoms with Crippen molar-refractivity contribution in [1.82, 2.24) is 0 Å². The summed E-state index contributed by atoms with van der Waals surface area (Å²) in [5.74, 6) is 0. The van der Waals surface area contributed by atoms with Crippen molar-refractivity contribution in [1.29, 1.82) is 0 Å². The summed E-state index contributed by atoms with van der Waals surface area (Å²) < 4.78 is 0. The quantitative estimate of drug-likeness (QED) is 0.216. The summed E-state index contributed by atoms with van der Waals surface area (Å²) in [7, 11) is 6.15. The van der Waals surface area contributed by atoms with Crippen LogP contribution in [0.15, 0.2) is 24.3 Å². The second-order valence-electron chi connectivity index (χ2n) is 9.99. The van der Waals surface area contributed by atoms with E-state index in [1.165, 1.54) is 121 Å². The predicted molar refractivity (Wildman–Crippen MR) is 152 cm³/mol. The molecule has 0 fully saturated rings. The van der Waals surface area contributed by atoms with Crippen LogP contribution < -0.4 is 26.1 Å².